The van der Waals surface area contributed by atoms with Crippen molar-refractivity contribution in [2.45, 2.75) is 5.41 Å². The van der Waals surface area contributed by atoms with Crippen molar-refractivity contribution in [3.05, 3.63) is 301 Å². The molecule has 0 N–H and O–H groups in total. The van der Waals surface area contributed by atoms with Crippen LogP contribution in [0.4, 0.5) is 0 Å². The third-order valence-corrected chi connectivity index (χ3v) is 16.1. The van der Waals surface area contributed by atoms with Gasteiger partial charge in [0.15, 0.2) is 29.1 Å². The van der Waals surface area contributed by atoms with Crippen molar-refractivity contribution in [3.8, 4) is 79.7 Å². The Morgan fingerprint density at radius 3 is 1.23 bits per heavy atom. The van der Waals surface area contributed by atoms with Crippen LogP contribution in [0.2, 0.25) is 0 Å². The Bertz CT molecular complexity index is 4820. The van der Waals surface area contributed by atoms with Crippen LogP contribution >= 0.6 is 0 Å². The normalized spacial score (nSPS) is 12.5. The van der Waals surface area contributed by atoms with E-state index >= 15 is 0 Å². The molecule has 378 valence electrons. The molecule has 0 spiro atoms. The van der Waals surface area contributed by atoms with Gasteiger partial charge in [0.05, 0.1) is 33.2 Å². The van der Waals surface area contributed by atoms with E-state index in [4.69, 9.17) is 29.9 Å². The Kier molecular flexibility index (Phi) is 10.6. The van der Waals surface area contributed by atoms with Gasteiger partial charge < -0.3 is 4.57 Å². The molecule has 1 aliphatic rings. The van der Waals surface area contributed by atoms with Crippen LogP contribution in [0.15, 0.2) is 279 Å². The molecule has 8 nitrogen and oxygen atoms in total. The highest BCUT2D eigenvalue weighted by molar-refractivity contribution is 6.24. The molecule has 0 saturated carbocycles. The van der Waals surface area contributed by atoms with Crippen LogP contribution in [0.5, 0.6) is 0 Å². The van der Waals surface area contributed by atoms with E-state index in [1.165, 1.54) is 22.3 Å². The summed E-state index contributed by atoms with van der Waals surface area (Å²) in [4.78, 5) is 32.4. The lowest BCUT2D eigenvalue weighted by Crippen LogP contribution is -2.28. The number of benzene rings is 11. The van der Waals surface area contributed by atoms with E-state index in [0.29, 0.717) is 35.1 Å². The first-order valence-electron chi connectivity index (χ1n) is 27.3. The minimum atomic E-state index is -0.613. The predicted molar refractivity (Wildman–Crippen MR) is 326 cm³/mol. The second-order valence-corrected chi connectivity index (χ2v) is 20.5. The van der Waals surface area contributed by atoms with Crippen LogP contribution in [0.3, 0.4) is 0 Å². The Morgan fingerprint density at radius 1 is 0.259 bits per heavy atom. The fourth-order valence-corrected chi connectivity index (χ4v) is 12.7. The summed E-state index contributed by atoms with van der Waals surface area (Å²) in [6, 6.07) is 98.1. The summed E-state index contributed by atoms with van der Waals surface area (Å²) in [5, 5.41) is 4.32. The first-order valence-corrected chi connectivity index (χ1v) is 27.3. The minimum Gasteiger partial charge on any atom is -0.306 e. The summed E-state index contributed by atoms with van der Waals surface area (Å²) in [7, 11) is 0. The molecule has 15 aromatic rings. The van der Waals surface area contributed by atoms with E-state index in [1.807, 2.05) is 78.9 Å². The van der Waals surface area contributed by atoms with E-state index < -0.39 is 5.41 Å². The molecule has 4 heterocycles. The number of hydrogen-bond donors (Lipinski definition) is 0. The zero-order valence-corrected chi connectivity index (χ0v) is 43.6. The number of para-hydroxylation sites is 3. The lowest BCUT2D eigenvalue weighted by atomic mass is 9.67. The minimum absolute atomic E-state index is 0.501. The highest BCUT2D eigenvalue weighted by atomic mass is 15.2. The van der Waals surface area contributed by atoms with Gasteiger partial charge in [0.25, 0.3) is 0 Å². The average Bonchev–Trinajstić information content (AvgIpc) is 3.20. The molecule has 0 fully saturated rings. The standard InChI is InChI=1S/C73H46N8/c1-6-25-47(26-7-1)67-74-68(48-27-8-2-9-28-48)76-70(75-67)57-38-19-23-44-63(57)80-61-42-21-17-35-52(61)54-45-46-55-53-36-18-22-43-62(53)81(66(55)65(54)80)72-78-69(49-29-10-3-11-30-49)77-71(79-72)58-39-24-41-60-64(58)56-37-16-20-40-59(56)73(60,50-31-12-4-13-32-50)51-33-14-5-15-34-51/h1-46H. The second kappa shape index (κ2) is 18.6. The summed E-state index contributed by atoms with van der Waals surface area (Å²) < 4.78 is 4.65. The fourth-order valence-electron chi connectivity index (χ4n) is 12.7. The van der Waals surface area contributed by atoms with E-state index in [9.17, 15) is 0 Å². The largest absolute Gasteiger partial charge is 0.306 e. The van der Waals surface area contributed by atoms with Gasteiger partial charge >= 0.3 is 0 Å². The molecule has 11 aromatic carbocycles. The Balaban J connectivity index is 0.992. The number of nitrogens with zero attached hydrogens (tertiary/aromatic N) is 8. The van der Waals surface area contributed by atoms with Gasteiger partial charge in [-0.2, -0.15) is 9.97 Å². The van der Waals surface area contributed by atoms with Gasteiger partial charge in [-0.25, -0.2) is 19.9 Å². The summed E-state index contributed by atoms with van der Waals surface area (Å²) in [5.41, 5.74) is 15.7. The van der Waals surface area contributed by atoms with Crippen molar-refractivity contribution < 1.29 is 0 Å². The maximum Gasteiger partial charge on any atom is 0.238 e. The van der Waals surface area contributed by atoms with Crippen molar-refractivity contribution in [1.82, 2.24) is 39.0 Å². The van der Waals surface area contributed by atoms with Crippen LogP contribution in [-0.4, -0.2) is 39.0 Å². The van der Waals surface area contributed by atoms with Gasteiger partial charge in [-0.1, -0.05) is 255 Å². The Morgan fingerprint density at radius 2 is 0.654 bits per heavy atom. The smallest absolute Gasteiger partial charge is 0.238 e. The number of fused-ring (bicyclic) bond motifs is 10. The molecule has 0 bridgehead atoms. The van der Waals surface area contributed by atoms with Crippen molar-refractivity contribution in [2.24, 2.45) is 0 Å². The first kappa shape index (κ1) is 46.2. The van der Waals surface area contributed by atoms with Gasteiger partial charge in [0.2, 0.25) is 5.95 Å². The van der Waals surface area contributed by atoms with Crippen molar-refractivity contribution in [2.75, 3.05) is 0 Å². The van der Waals surface area contributed by atoms with E-state index in [2.05, 4.69) is 209 Å². The van der Waals surface area contributed by atoms with Crippen LogP contribution in [0.1, 0.15) is 22.3 Å². The van der Waals surface area contributed by atoms with Gasteiger partial charge in [0.1, 0.15) is 0 Å². The number of hydrogen-bond acceptors (Lipinski definition) is 6. The molecule has 4 aromatic heterocycles. The van der Waals surface area contributed by atoms with Crippen molar-refractivity contribution in [3.63, 3.8) is 0 Å². The first-order chi connectivity index (χ1) is 40.2. The van der Waals surface area contributed by atoms with Crippen LogP contribution in [0.25, 0.3) is 123 Å². The maximum absolute atomic E-state index is 5.73. The SMILES string of the molecule is c1ccc(-c2nc(-c3ccccc3)nc(-c3ccccc3-n3c4ccccc4c4ccc5c6ccccc6n(-c6nc(-c7ccccc7)nc(-c7cccc8c7-c7ccccc7C8(c7ccccc7)c7ccccc7)n6)c5c43)n2)cc1. The van der Waals surface area contributed by atoms with Crippen molar-refractivity contribution >= 4 is 43.6 Å². The third kappa shape index (κ3) is 7.17. The molecule has 0 radical (unpaired) electrons. The lowest BCUT2D eigenvalue weighted by molar-refractivity contribution is 0.768. The molecular formula is C73H46N8. The zero-order chi connectivity index (χ0) is 53.4. The van der Waals surface area contributed by atoms with Crippen molar-refractivity contribution in [1.29, 1.82) is 0 Å². The van der Waals surface area contributed by atoms with Crippen LogP contribution < -0.4 is 0 Å². The molecule has 0 atom stereocenters. The van der Waals surface area contributed by atoms with E-state index in [-0.39, 0.29) is 0 Å². The molecule has 81 heavy (non-hydrogen) atoms. The molecule has 8 heteroatoms. The summed E-state index contributed by atoms with van der Waals surface area (Å²) in [5.74, 6) is 3.40. The Labute approximate surface area is 466 Å². The average molecular weight is 1040 g/mol. The van der Waals surface area contributed by atoms with Gasteiger partial charge in [0, 0.05) is 49.4 Å². The third-order valence-electron chi connectivity index (χ3n) is 16.1. The summed E-state index contributed by atoms with van der Waals surface area (Å²) in [6.07, 6.45) is 0. The lowest BCUT2D eigenvalue weighted by Gasteiger charge is -2.33. The topological polar surface area (TPSA) is 87.2 Å². The zero-order valence-electron chi connectivity index (χ0n) is 43.6. The Hall–Kier alpha value is -11.0. The number of aromatic nitrogens is 8. The monoisotopic (exact) mass is 1030 g/mol. The molecular weight excluding hydrogens is 989 g/mol. The number of rotatable bonds is 9. The van der Waals surface area contributed by atoms with Crippen LogP contribution in [-0.2, 0) is 5.41 Å². The molecule has 1 aliphatic carbocycles. The predicted octanol–water partition coefficient (Wildman–Crippen LogP) is 16.9. The van der Waals surface area contributed by atoms with E-state index in [1.54, 1.807) is 0 Å². The van der Waals surface area contributed by atoms with Gasteiger partial charge in [-0.15, -0.1) is 0 Å². The van der Waals surface area contributed by atoms with Gasteiger partial charge in [-0.3, -0.25) is 4.57 Å². The molecule has 0 aliphatic heterocycles. The molecule has 0 unspecified atom stereocenters. The fraction of sp³-hybridized carbons (Fsp3) is 0.0137. The summed E-state index contributed by atoms with van der Waals surface area (Å²) in [6.45, 7) is 0. The van der Waals surface area contributed by atoms with Gasteiger partial charge in [-0.05, 0) is 57.6 Å². The molecule has 0 saturated heterocycles. The van der Waals surface area contributed by atoms with E-state index in [0.717, 1.165) is 88.2 Å². The highest BCUT2D eigenvalue weighted by Gasteiger charge is 2.47. The highest BCUT2D eigenvalue weighted by Crippen LogP contribution is 2.58. The quantitative estimate of drug-likeness (QED) is 0.143. The maximum atomic E-state index is 5.73. The molecule has 16 rings (SSSR count). The second-order valence-electron chi connectivity index (χ2n) is 20.5. The van der Waals surface area contributed by atoms with Crippen LogP contribution in [0, 0.1) is 0 Å². The molecule has 0 amide bonds. The summed E-state index contributed by atoms with van der Waals surface area (Å²) >= 11 is 0.